The van der Waals surface area contributed by atoms with Crippen molar-refractivity contribution < 1.29 is 13.2 Å². The average Bonchev–Trinajstić information content (AvgIpc) is 2.79. The molecular formula is C14H21BrF3N3. The number of aromatic nitrogens is 2. The molecule has 1 aliphatic carbocycles. The van der Waals surface area contributed by atoms with E-state index < -0.39 is 12.1 Å². The zero-order chi connectivity index (χ0) is 15.6. The topological polar surface area (TPSA) is 43.8 Å². The van der Waals surface area contributed by atoms with E-state index in [0.29, 0.717) is 12.8 Å². The summed E-state index contributed by atoms with van der Waals surface area (Å²) < 4.78 is 40.9. The zero-order valence-corrected chi connectivity index (χ0v) is 13.6. The molecule has 7 heteroatoms. The highest BCUT2D eigenvalue weighted by Gasteiger charge is 2.42. The Labute approximate surface area is 131 Å². The van der Waals surface area contributed by atoms with Gasteiger partial charge in [-0.1, -0.05) is 6.92 Å². The lowest BCUT2D eigenvalue weighted by Gasteiger charge is -2.33. The standard InChI is InChI=1S/C14H21BrF3N3/c1-2-7-21-13(11(15)8-20-21)12(19)9-3-5-10(6-4-9)14(16,17)18/h8-10,12H,2-7,19H2,1H3. The van der Waals surface area contributed by atoms with E-state index in [1.54, 1.807) is 6.20 Å². The summed E-state index contributed by atoms with van der Waals surface area (Å²) in [6.45, 7) is 2.83. The predicted molar refractivity (Wildman–Crippen MR) is 78.6 cm³/mol. The summed E-state index contributed by atoms with van der Waals surface area (Å²) >= 11 is 3.45. The summed E-state index contributed by atoms with van der Waals surface area (Å²) in [5, 5.41) is 4.29. The second kappa shape index (κ2) is 6.69. The third-order valence-corrected chi connectivity index (χ3v) is 4.94. The molecule has 0 spiro atoms. The number of nitrogens with zero attached hydrogens (tertiary/aromatic N) is 2. The predicted octanol–water partition coefficient (Wildman–Crippen LogP) is 4.42. The molecule has 3 nitrogen and oxygen atoms in total. The molecule has 120 valence electrons. The number of halogens is 4. The largest absolute Gasteiger partial charge is 0.391 e. The molecular weight excluding hydrogens is 347 g/mol. The Bertz CT molecular complexity index is 465. The van der Waals surface area contributed by atoms with Crippen LogP contribution in [0.4, 0.5) is 13.2 Å². The van der Waals surface area contributed by atoms with Gasteiger partial charge in [-0.15, -0.1) is 0 Å². The molecule has 1 atom stereocenters. The molecule has 0 radical (unpaired) electrons. The molecule has 0 aliphatic heterocycles. The van der Waals surface area contributed by atoms with Gasteiger partial charge in [-0.2, -0.15) is 18.3 Å². The minimum Gasteiger partial charge on any atom is -0.322 e. The lowest BCUT2D eigenvalue weighted by Crippen LogP contribution is -2.33. The molecule has 2 N–H and O–H groups in total. The van der Waals surface area contributed by atoms with Crippen molar-refractivity contribution in [1.82, 2.24) is 9.78 Å². The van der Waals surface area contributed by atoms with Crippen molar-refractivity contribution >= 4 is 15.9 Å². The maximum Gasteiger partial charge on any atom is 0.391 e. The smallest absolute Gasteiger partial charge is 0.322 e. The van der Waals surface area contributed by atoms with E-state index in [1.807, 2.05) is 4.68 Å². The number of hydrogen-bond donors (Lipinski definition) is 1. The van der Waals surface area contributed by atoms with Crippen LogP contribution in [-0.4, -0.2) is 16.0 Å². The van der Waals surface area contributed by atoms with E-state index in [-0.39, 0.29) is 24.8 Å². The molecule has 1 aromatic rings. The molecule has 1 heterocycles. The van der Waals surface area contributed by atoms with Crippen LogP contribution in [0.25, 0.3) is 0 Å². The van der Waals surface area contributed by atoms with Crippen LogP contribution in [0.5, 0.6) is 0 Å². The summed E-state index contributed by atoms with van der Waals surface area (Å²) in [6.07, 6.45) is -0.00649. The average molecular weight is 368 g/mol. The fourth-order valence-corrected chi connectivity index (χ4v) is 3.68. The maximum atomic E-state index is 12.7. The van der Waals surface area contributed by atoms with Crippen molar-refractivity contribution in [1.29, 1.82) is 0 Å². The van der Waals surface area contributed by atoms with Crippen molar-refractivity contribution in [3.05, 3.63) is 16.4 Å². The number of alkyl halides is 3. The zero-order valence-electron chi connectivity index (χ0n) is 12.0. The first-order chi connectivity index (χ1) is 9.84. The highest BCUT2D eigenvalue weighted by molar-refractivity contribution is 9.10. The van der Waals surface area contributed by atoms with Gasteiger partial charge in [0, 0.05) is 6.54 Å². The monoisotopic (exact) mass is 367 g/mol. The van der Waals surface area contributed by atoms with Crippen LogP contribution in [0.3, 0.4) is 0 Å². The van der Waals surface area contributed by atoms with Crippen LogP contribution in [-0.2, 0) is 6.54 Å². The quantitative estimate of drug-likeness (QED) is 0.855. The maximum absolute atomic E-state index is 12.7. The van der Waals surface area contributed by atoms with E-state index in [2.05, 4.69) is 28.0 Å². The van der Waals surface area contributed by atoms with Gasteiger partial charge in [0.15, 0.2) is 0 Å². The van der Waals surface area contributed by atoms with E-state index in [4.69, 9.17) is 5.73 Å². The minimum atomic E-state index is -4.07. The number of nitrogens with two attached hydrogens (primary N) is 1. The van der Waals surface area contributed by atoms with E-state index >= 15 is 0 Å². The first kappa shape index (κ1) is 16.8. The first-order valence-electron chi connectivity index (χ1n) is 7.38. The van der Waals surface area contributed by atoms with Gasteiger partial charge in [-0.05, 0) is 54.0 Å². The van der Waals surface area contributed by atoms with Gasteiger partial charge in [-0.3, -0.25) is 4.68 Å². The van der Waals surface area contributed by atoms with Crippen LogP contribution < -0.4 is 5.73 Å². The Morgan fingerprint density at radius 1 is 1.38 bits per heavy atom. The summed E-state index contributed by atoms with van der Waals surface area (Å²) in [5.41, 5.74) is 7.24. The number of hydrogen-bond acceptors (Lipinski definition) is 2. The Hall–Kier alpha value is -0.560. The minimum absolute atomic E-state index is 0.0900. The lowest BCUT2D eigenvalue weighted by atomic mass is 9.77. The third-order valence-electron chi connectivity index (χ3n) is 4.33. The molecule has 0 amide bonds. The second-order valence-electron chi connectivity index (χ2n) is 5.78. The van der Waals surface area contributed by atoms with Crippen molar-refractivity contribution in [2.75, 3.05) is 0 Å². The van der Waals surface area contributed by atoms with Gasteiger partial charge in [0.05, 0.1) is 28.3 Å². The lowest BCUT2D eigenvalue weighted by molar-refractivity contribution is -0.184. The molecule has 0 saturated heterocycles. The van der Waals surface area contributed by atoms with Crippen molar-refractivity contribution in [3.63, 3.8) is 0 Å². The second-order valence-corrected chi connectivity index (χ2v) is 6.63. The van der Waals surface area contributed by atoms with Gasteiger partial charge in [0.1, 0.15) is 0 Å². The highest BCUT2D eigenvalue weighted by Crippen LogP contribution is 2.43. The fourth-order valence-electron chi connectivity index (χ4n) is 3.12. The Balaban J connectivity index is 2.05. The summed E-state index contributed by atoms with van der Waals surface area (Å²) in [5.74, 6) is -1.07. The van der Waals surface area contributed by atoms with Crippen LogP contribution in [0, 0.1) is 11.8 Å². The van der Waals surface area contributed by atoms with Crippen LogP contribution >= 0.6 is 15.9 Å². The SMILES string of the molecule is CCCn1ncc(Br)c1C(N)C1CCC(C(F)(F)F)CC1. The van der Waals surface area contributed by atoms with Crippen molar-refractivity contribution in [3.8, 4) is 0 Å². The Kier molecular flexibility index (Phi) is 5.35. The molecule has 1 aliphatic rings. The van der Waals surface area contributed by atoms with Crippen LogP contribution in [0.15, 0.2) is 10.7 Å². The van der Waals surface area contributed by atoms with Gasteiger partial charge >= 0.3 is 6.18 Å². The molecule has 1 fully saturated rings. The molecule has 1 aromatic heterocycles. The Morgan fingerprint density at radius 2 is 2.00 bits per heavy atom. The van der Waals surface area contributed by atoms with Gasteiger partial charge in [0.25, 0.3) is 0 Å². The normalized spacial score (nSPS) is 25.0. The van der Waals surface area contributed by atoms with Crippen LogP contribution in [0.1, 0.15) is 50.8 Å². The molecule has 2 rings (SSSR count). The van der Waals surface area contributed by atoms with Crippen LogP contribution in [0.2, 0.25) is 0 Å². The van der Waals surface area contributed by atoms with E-state index in [9.17, 15) is 13.2 Å². The van der Waals surface area contributed by atoms with Gasteiger partial charge in [-0.25, -0.2) is 0 Å². The number of aryl methyl sites for hydroxylation is 1. The van der Waals surface area contributed by atoms with E-state index in [0.717, 1.165) is 23.1 Å². The highest BCUT2D eigenvalue weighted by atomic mass is 79.9. The third kappa shape index (κ3) is 3.80. The molecule has 0 aromatic carbocycles. The van der Waals surface area contributed by atoms with Crippen molar-refractivity contribution in [2.24, 2.45) is 17.6 Å². The summed E-state index contributed by atoms with van der Waals surface area (Å²) in [6, 6.07) is -0.261. The Morgan fingerprint density at radius 3 is 2.52 bits per heavy atom. The van der Waals surface area contributed by atoms with Gasteiger partial charge < -0.3 is 5.73 Å². The molecule has 0 bridgehead atoms. The van der Waals surface area contributed by atoms with Crippen molar-refractivity contribution in [2.45, 2.75) is 57.8 Å². The molecule has 1 unspecified atom stereocenters. The first-order valence-corrected chi connectivity index (χ1v) is 8.17. The van der Waals surface area contributed by atoms with E-state index in [1.165, 1.54) is 0 Å². The summed E-state index contributed by atoms with van der Waals surface area (Å²) in [7, 11) is 0. The summed E-state index contributed by atoms with van der Waals surface area (Å²) in [4.78, 5) is 0. The van der Waals surface area contributed by atoms with Gasteiger partial charge in [0.2, 0.25) is 0 Å². The molecule has 1 saturated carbocycles. The number of rotatable bonds is 4. The molecule has 21 heavy (non-hydrogen) atoms. The fraction of sp³-hybridized carbons (Fsp3) is 0.786.